The van der Waals surface area contributed by atoms with E-state index in [1.165, 1.54) is 0 Å². The first-order valence-electron chi connectivity index (χ1n) is 10.8. The molecule has 0 aromatic heterocycles. The first kappa shape index (κ1) is 25.2. The van der Waals surface area contributed by atoms with Crippen LogP contribution in [0.4, 0.5) is 0 Å². The van der Waals surface area contributed by atoms with Crippen molar-refractivity contribution in [1.82, 2.24) is 0 Å². The molecule has 0 bridgehead atoms. The normalized spacial score (nSPS) is 12.5. The molecule has 0 unspecified atom stereocenters. The van der Waals surface area contributed by atoms with Crippen LogP contribution in [0, 0.1) is 0 Å². The Morgan fingerprint density at radius 2 is 0.917 bits per heavy atom. The fraction of sp³-hybridized carbons (Fsp3) is 0. The first-order chi connectivity index (χ1) is 17.3. The lowest BCUT2D eigenvalue weighted by atomic mass is 10.1. The summed E-state index contributed by atoms with van der Waals surface area (Å²) in [6.07, 6.45) is 0. The zero-order chi connectivity index (χ0) is 25.3. The molecule has 182 valence electrons. The molecule has 0 amide bonds. The molecule has 5 aromatic carbocycles. The lowest BCUT2D eigenvalue weighted by molar-refractivity contribution is 0.509. The quantitative estimate of drug-likeness (QED) is 0.203. The van der Waals surface area contributed by atoms with Gasteiger partial charge >= 0.3 is 10.1 Å². The molecule has 0 N–H and O–H groups in total. The summed E-state index contributed by atoms with van der Waals surface area (Å²) >= 11 is 18.6. The van der Waals surface area contributed by atoms with E-state index in [0.29, 0.717) is 35.1 Å². The maximum atomic E-state index is 14.1. The minimum atomic E-state index is -4.28. The molecule has 36 heavy (non-hydrogen) atoms. The van der Waals surface area contributed by atoms with Crippen molar-refractivity contribution >= 4 is 66.0 Å². The van der Waals surface area contributed by atoms with E-state index in [9.17, 15) is 8.42 Å². The van der Waals surface area contributed by atoms with Crippen molar-refractivity contribution in [2.75, 3.05) is 0 Å². The van der Waals surface area contributed by atoms with Crippen LogP contribution in [0.3, 0.4) is 0 Å². The average Bonchev–Trinajstić information content (AvgIpc) is 2.88. The summed E-state index contributed by atoms with van der Waals surface area (Å²) in [6, 6.07) is 33.5. The van der Waals surface area contributed by atoms with Gasteiger partial charge in [0, 0.05) is 35.1 Å². The highest BCUT2D eigenvalue weighted by Crippen LogP contribution is 2.70. The molecule has 0 atom stereocenters. The van der Waals surface area contributed by atoms with Gasteiger partial charge in [0.05, 0.1) is 0 Å². The highest BCUT2D eigenvalue weighted by molar-refractivity contribution is 8.33. The third-order valence-electron chi connectivity index (χ3n) is 5.65. The fourth-order valence-corrected chi connectivity index (χ4v) is 9.75. The van der Waals surface area contributed by atoms with E-state index in [2.05, 4.69) is 0 Å². The zero-order valence-corrected chi connectivity index (χ0v) is 22.5. The molecule has 0 aliphatic heterocycles. The Morgan fingerprint density at radius 1 is 0.500 bits per heavy atom. The average molecular weight is 574 g/mol. The maximum Gasteiger partial charge on any atom is 0.307 e. The van der Waals surface area contributed by atoms with Gasteiger partial charge in [-0.3, -0.25) is 0 Å². The van der Waals surface area contributed by atoms with Crippen molar-refractivity contribution in [3.05, 3.63) is 130 Å². The van der Waals surface area contributed by atoms with E-state index in [1.807, 2.05) is 18.2 Å². The van der Waals surface area contributed by atoms with Gasteiger partial charge in [0.2, 0.25) is 0 Å². The largest absolute Gasteiger partial charge is 0.307 e. The summed E-state index contributed by atoms with van der Waals surface area (Å²) in [4.78, 5) is 2.05. The van der Waals surface area contributed by atoms with E-state index < -0.39 is 20.4 Å². The van der Waals surface area contributed by atoms with Crippen LogP contribution in [0.15, 0.2) is 135 Å². The minimum absolute atomic E-state index is 0.0920. The summed E-state index contributed by atoms with van der Waals surface area (Å²) in [5.74, 6) is 0. The van der Waals surface area contributed by atoms with Gasteiger partial charge in [-0.05, 0) is 94.6 Å². The lowest BCUT2D eigenvalue weighted by Crippen LogP contribution is -2.15. The molecule has 3 nitrogen and oxygen atoms in total. The van der Waals surface area contributed by atoms with Gasteiger partial charge in [0.25, 0.3) is 0 Å². The smallest absolute Gasteiger partial charge is 0.203 e. The number of benzene rings is 5. The number of hydrogen-bond donors (Lipinski definition) is 0. The Hall–Kier alpha value is -2.51. The molecular formula is C28H19Cl3O3S2. The maximum absolute atomic E-state index is 14.1. The minimum Gasteiger partial charge on any atom is -0.203 e. The molecule has 5 aromatic rings. The number of hydrogen-bond acceptors (Lipinski definition) is 3. The molecule has 0 spiro atoms. The second kappa shape index (κ2) is 10.1. The van der Waals surface area contributed by atoms with Crippen LogP contribution in [0.2, 0.25) is 15.1 Å². The summed E-state index contributed by atoms with van der Waals surface area (Å²) in [5, 5.41) is 2.95. The number of halogens is 3. The Kier molecular flexibility index (Phi) is 7.05. The second-order valence-corrected chi connectivity index (χ2v) is 13.6. The molecule has 8 heteroatoms. The second-order valence-electron chi connectivity index (χ2n) is 7.92. The third kappa shape index (κ3) is 4.75. The Morgan fingerprint density at radius 3 is 1.39 bits per heavy atom. The summed E-state index contributed by atoms with van der Waals surface area (Å²) in [5.41, 5.74) is 0. The number of fused-ring (bicyclic) bond motifs is 1. The predicted octanol–water partition coefficient (Wildman–Crippen LogP) is 9.40. The van der Waals surface area contributed by atoms with Gasteiger partial charge in [-0.25, -0.2) is 3.63 Å². The molecule has 0 radical (unpaired) electrons. The van der Waals surface area contributed by atoms with Crippen molar-refractivity contribution in [3.63, 3.8) is 0 Å². The molecule has 0 saturated carbocycles. The van der Waals surface area contributed by atoms with Gasteiger partial charge < -0.3 is 0 Å². The van der Waals surface area contributed by atoms with E-state index in [0.717, 1.165) is 5.39 Å². The highest BCUT2D eigenvalue weighted by atomic mass is 35.5. The van der Waals surface area contributed by atoms with Crippen LogP contribution < -0.4 is 0 Å². The van der Waals surface area contributed by atoms with E-state index >= 15 is 0 Å². The van der Waals surface area contributed by atoms with Gasteiger partial charge in [0.15, 0.2) is 0 Å². The van der Waals surface area contributed by atoms with E-state index in [-0.39, 0.29) is 4.90 Å². The van der Waals surface area contributed by atoms with Crippen LogP contribution in [-0.2, 0) is 13.7 Å². The van der Waals surface area contributed by atoms with Crippen LogP contribution >= 0.6 is 45.1 Å². The van der Waals surface area contributed by atoms with Crippen LogP contribution in [0.25, 0.3) is 10.8 Å². The predicted molar refractivity (Wildman–Crippen MR) is 149 cm³/mol. The summed E-state index contributed by atoms with van der Waals surface area (Å²) < 4.78 is 34.6. The van der Waals surface area contributed by atoms with Crippen LogP contribution in [0.1, 0.15) is 0 Å². The lowest BCUT2D eigenvalue weighted by Gasteiger charge is -2.39. The third-order valence-corrected chi connectivity index (χ3v) is 11.6. The molecule has 0 saturated heterocycles. The molecule has 0 heterocycles. The summed E-state index contributed by atoms with van der Waals surface area (Å²) in [7, 11) is -7.10. The zero-order valence-electron chi connectivity index (χ0n) is 18.6. The van der Waals surface area contributed by atoms with Crippen molar-refractivity contribution in [3.8, 4) is 0 Å². The van der Waals surface area contributed by atoms with Gasteiger partial charge in [0.1, 0.15) is 4.90 Å². The molecule has 0 fully saturated rings. The Balaban J connectivity index is 1.81. The van der Waals surface area contributed by atoms with Crippen molar-refractivity contribution in [2.24, 2.45) is 0 Å². The Labute approximate surface area is 226 Å². The topological polar surface area (TPSA) is 43.4 Å². The molecule has 5 rings (SSSR count). The number of rotatable bonds is 6. The fourth-order valence-electron chi connectivity index (χ4n) is 3.99. The summed E-state index contributed by atoms with van der Waals surface area (Å²) in [6.45, 7) is 0. The Bertz CT molecular complexity index is 1520. The van der Waals surface area contributed by atoms with E-state index in [4.69, 9.17) is 38.4 Å². The van der Waals surface area contributed by atoms with E-state index in [1.54, 1.807) is 97.1 Å². The van der Waals surface area contributed by atoms with Gasteiger partial charge in [-0.2, -0.15) is 8.42 Å². The first-order valence-corrected chi connectivity index (χ1v) is 14.9. The molecular weight excluding hydrogens is 555 g/mol. The SMILES string of the molecule is O=S(=O)(OS(c1ccc(Cl)cc1)(c1ccc(Cl)cc1)c1ccc(Cl)cc1)c1cccc2ccccc12. The molecule has 0 aliphatic carbocycles. The van der Waals surface area contributed by atoms with Crippen molar-refractivity contribution < 1.29 is 12.0 Å². The van der Waals surface area contributed by atoms with Crippen LogP contribution in [0.5, 0.6) is 0 Å². The van der Waals surface area contributed by atoms with Crippen molar-refractivity contribution in [1.29, 1.82) is 0 Å². The highest BCUT2D eigenvalue weighted by Gasteiger charge is 2.39. The van der Waals surface area contributed by atoms with Crippen LogP contribution in [-0.4, -0.2) is 8.42 Å². The molecule has 0 aliphatic rings. The van der Waals surface area contributed by atoms with Crippen molar-refractivity contribution in [2.45, 2.75) is 19.6 Å². The standard InChI is InChI=1S/C28H19Cl3O3S2/c29-21-8-14-24(15-9-21)35(25-16-10-22(30)11-17-25,26-18-12-23(31)13-19-26)34-36(32,33)28-7-3-5-20-4-1-2-6-27(20)28/h1-19H. The monoisotopic (exact) mass is 572 g/mol. The van der Waals surface area contributed by atoms with Gasteiger partial charge in [-0.15, -0.1) is 0 Å². The van der Waals surface area contributed by atoms with Gasteiger partial charge in [-0.1, -0.05) is 71.2 Å².